The van der Waals surface area contributed by atoms with Crippen LogP contribution in [0, 0.1) is 6.92 Å². The summed E-state index contributed by atoms with van der Waals surface area (Å²) in [5, 5.41) is 3.55. The van der Waals surface area contributed by atoms with E-state index in [0.29, 0.717) is 47.6 Å². The molecule has 0 saturated carbocycles. The Morgan fingerprint density at radius 3 is 2.90 bits per heavy atom. The number of nitrogens with one attached hydrogen (secondary N) is 1. The van der Waals surface area contributed by atoms with Crippen molar-refractivity contribution in [1.82, 2.24) is 19.9 Å². The first kappa shape index (κ1) is 21.1. The topological polar surface area (TPSA) is 88.2 Å². The second-order valence-electron chi connectivity index (χ2n) is 7.82. The highest BCUT2D eigenvalue weighted by Gasteiger charge is 2.15. The second-order valence-corrected chi connectivity index (χ2v) is 8.77. The van der Waals surface area contributed by atoms with Gasteiger partial charge in [0.05, 0.1) is 15.6 Å². The largest absolute Gasteiger partial charge is 0.489 e. The fourth-order valence-corrected chi connectivity index (χ4v) is 4.35. The van der Waals surface area contributed by atoms with E-state index >= 15 is 0 Å². The zero-order valence-corrected chi connectivity index (χ0v) is 18.5. The lowest BCUT2D eigenvalue weighted by atomic mass is 10.1. The van der Waals surface area contributed by atoms with Crippen molar-refractivity contribution >= 4 is 38.6 Å². The van der Waals surface area contributed by atoms with Crippen molar-refractivity contribution in [2.24, 2.45) is 0 Å². The van der Waals surface area contributed by atoms with Crippen molar-refractivity contribution < 1.29 is 9.53 Å². The van der Waals surface area contributed by atoms with Crippen molar-refractivity contribution in [2.45, 2.75) is 25.9 Å². The molecule has 0 saturated heterocycles. The lowest BCUT2D eigenvalue weighted by molar-refractivity contribution is -0.108. The molecular formula is C23H24N4O3S. The van der Waals surface area contributed by atoms with Crippen molar-refractivity contribution in [3.63, 3.8) is 0 Å². The molecular weight excluding hydrogens is 412 g/mol. The SMILES string of the molecule is Cc1cc(OC(CCC=O)CN(C)C)cc2c(=O)[nH]c(-c3cc4ccsc4cn3)nc12. The lowest BCUT2D eigenvalue weighted by Crippen LogP contribution is -2.31. The van der Waals surface area contributed by atoms with E-state index in [9.17, 15) is 9.59 Å². The van der Waals surface area contributed by atoms with E-state index in [4.69, 9.17) is 9.72 Å². The highest BCUT2D eigenvalue weighted by atomic mass is 32.1. The van der Waals surface area contributed by atoms with Crippen LogP contribution in [0.5, 0.6) is 5.75 Å². The third kappa shape index (κ3) is 4.65. The van der Waals surface area contributed by atoms with Gasteiger partial charge >= 0.3 is 0 Å². The number of pyridine rings is 1. The molecule has 0 aliphatic carbocycles. The number of thiophene rings is 1. The second kappa shape index (κ2) is 8.95. The summed E-state index contributed by atoms with van der Waals surface area (Å²) < 4.78 is 7.22. The van der Waals surface area contributed by atoms with Crippen molar-refractivity contribution in [1.29, 1.82) is 0 Å². The summed E-state index contributed by atoms with van der Waals surface area (Å²) in [6.45, 7) is 2.59. The number of fused-ring (bicyclic) bond motifs is 2. The maximum absolute atomic E-state index is 12.9. The fraction of sp³-hybridized carbons (Fsp3) is 0.304. The number of hydrogen-bond acceptors (Lipinski definition) is 7. The molecule has 3 heterocycles. The van der Waals surface area contributed by atoms with Crippen LogP contribution in [0.25, 0.3) is 32.5 Å². The molecule has 4 aromatic rings. The third-order valence-corrected chi connectivity index (χ3v) is 5.90. The Morgan fingerprint density at radius 2 is 2.13 bits per heavy atom. The van der Waals surface area contributed by atoms with Crippen LogP contribution in [0.4, 0.5) is 0 Å². The number of aromatic nitrogens is 3. The molecule has 0 bridgehead atoms. The number of aromatic amines is 1. The standard InChI is InChI=1S/C23H24N4O3S/c1-14-9-17(30-16(5-4-7-28)13-27(2)3)11-18-21(14)25-22(26-23(18)29)19-10-15-6-8-31-20(15)12-24-19/h6-12,16H,4-5,13H2,1-3H3,(H,25,26,29). The predicted octanol–water partition coefficient (Wildman–Crippen LogP) is 3.80. The van der Waals surface area contributed by atoms with Crippen LogP contribution in [0.1, 0.15) is 18.4 Å². The van der Waals surface area contributed by atoms with Gasteiger partial charge in [-0.25, -0.2) is 4.98 Å². The van der Waals surface area contributed by atoms with Crippen LogP contribution in [0.2, 0.25) is 0 Å². The Kier molecular flexibility index (Phi) is 6.11. The van der Waals surface area contributed by atoms with E-state index in [1.165, 1.54) is 0 Å². The van der Waals surface area contributed by atoms with E-state index in [1.54, 1.807) is 23.6 Å². The van der Waals surface area contributed by atoms with E-state index in [2.05, 4.69) is 9.97 Å². The zero-order valence-electron chi connectivity index (χ0n) is 17.7. The Hall–Kier alpha value is -3.10. The number of hydrogen-bond donors (Lipinski definition) is 1. The van der Waals surface area contributed by atoms with Gasteiger partial charge in [0.1, 0.15) is 23.8 Å². The molecule has 1 N–H and O–H groups in total. The van der Waals surface area contributed by atoms with Crippen molar-refractivity contribution in [3.05, 3.63) is 51.8 Å². The maximum Gasteiger partial charge on any atom is 0.259 e. The highest BCUT2D eigenvalue weighted by molar-refractivity contribution is 7.17. The van der Waals surface area contributed by atoms with Crippen LogP contribution in [0.15, 0.2) is 40.6 Å². The number of H-pyrrole nitrogens is 1. The minimum absolute atomic E-state index is 0.148. The molecule has 7 nitrogen and oxygen atoms in total. The molecule has 1 unspecified atom stereocenters. The number of benzene rings is 1. The zero-order chi connectivity index (χ0) is 22.0. The number of aldehydes is 1. The molecule has 0 amide bonds. The van der Waals surface area contributed by atoms with Gasteiger partial charge in [-0.1, -0.05) is 0 Å². The van der Waals surface area contributed by atoms with Gasteiger partial charge in [-0.15, -0.1) is 11.3 Å². The lowest BCUT2D eigenvalue weighted by Gasteiger charge is -2.22. The smallest absolute Gasteiger partial charge is 0.259 e. The first-order valence-electron chi connectivity index (χ1n) is 10.1. The number of likely N-dealkylation sites (N-methyl/N-ethyl adjacent to an activating group) is 1. The Bertz CT molecular complexity index is 1300. The molecule has 4 rings (SSSR count). The van der Waals surface area contributed by atoms with Gasteiger partial charge in [0, 0.05) is 19.2 Å². The summed E-state index contributed by atoms with van der Waals surface area (Å²) >= 11 is 1.62. The number of nitrogens with zero attached hydrogens (tertiary/aromatic N) is 3. The van der Waals surface area contributed by atoms with E-state index in [0.717, 1.165) is 21.9 Å². The predicted molar refractivity (Wildman–Crippen MR) is 124 cm³/mol. The molecule has 0 aliphatic heterocycles. The molecule has 3 aromatic heterocycles. The van der Waals surface area contributed by atoms with E-state index in [-0.39, 0.29) is 11.7 Å². The normalized spacial score (nSPS) is 12.5. The van der Waals surface area contributed by atoms with Gasteiger partial charge in [0.25, 0.3) is 5.56 Å². The van der Waals surface area contributed by atoms with Gasteiger partial charge in [0.15, 0.2) is 5.82 Å². The van der Waals surface area contributed by atoms with Crippen LogP contribution in [0.3, 0.4) is 0 Å². The summed E-state index contributed by atoms with van der Waals surface area (Å²) in [5.41, 5.74) is 1.85. The molecule has 31 heavy (non-hydrogen) atoms. The first-order chi connectivity index (χ1) is 14.9. The summed E-state index contributed by atoms with van der Waals surface area (Å²) in [5.74, 6) is 1.04. The molecule has 0 radical (unpaired) electrons. The minimum Gasteiger partial charge on any atom is -0.489 e. The van der Waals surface area contributed by atoms with Gasteiger partial charge < -0.3 is 19.4 Å². The Labute approximate surface area is 183 Å². The molecule has 1 atom stereocenters. The number of carbonyl (C=O) groups is 1. The molecule has 8 heteroatoms. The molecule has 160 valence electrons. The van der Waals surface area contributed by atoms with Crippen molar-refractivity contribution in [3.8, 4) is 17.3 Å². The molecule has 0 fully saturated rings. The summed E-state index contributed by atoms with van der Waals surface area (Å²) in [4.78, 5) is 37.7. The summed E-state index contributed by atoms with van der Waals surface area (Å²) in [6, 6.07) is 7.56. The minimum atomic E-state index is -0.238. The van der Waals surface area contributed by atoms with Gasteiger partial charge in [-0.2, -0.15) is 0 Å². The van der Waals surface area contributed by atoms with Crippen LogP contribution in [-0.4, -0.2) is 52.9 Å². The maximum atomic E-state index is 12.9. The number of ether oxygens (including phenoxy) is 1. The Morgan fingerprint density at radius 1 is 1.29 bits per heavy atom. The highest BCUT2D eigenvalue weighted by Crippen LogP contribution is 2.26. The number of aryl methyl sites for hydroxylation is 1. The van der Waals surface area contributed by atoms with Gasteiger partial charge in [-0.3, -0.25) is 9.78 Å². The average molecular weight is 437 g/mol. The van der Waals surface area contributed by atoms with Crippen LogP contribution >= 0.6 is 11.3 Å². The van der Waals surface area contributed by atoms with Crippen molar-refractivity contribution in [2.75, 3.05) is 20.6 Å². The van der Waals surface area contributed by atoms with Crippen LogP contribution in [-0.2, 0) is 4.79 Å². The monoisotopic (exact) mass is 436 g/mol. The Balaban J connectivity index is 1.70. The fourth-order valence-electron chi connectivity index (χ4n) is 3.61. The number of carbonyl (C=O) groups excluding carboxylic acids is 1. The van der Waals surface area contributed by atoms with Gasteiger partial charge in [0.2, 0.25) is 0 Å². The third-order valence-electron chi connectivity index (χ3n) is 5.04. The van der Waals surface area contributed by atoms with E-state index in [1.807, 2.05) is 49.5 Å². The molecule has 0 aliphatic rings. The average Bonchev–Trinajstić information content (AvgIpc) is 3.20. The van der Waals surface area contributed by atoms with E-state index < -0.39 is 0 Å². The van der Waals surface area contributed by atoms with Gasteiger partial charge in [-0.05, 0) is 68.0 Å². The number of rotatable bonds is 8. The molecule has 1 aromatic carbocycles. The molecule has 0 spiro atoms. The van der Waals surface area contributed by atoms with Crippen LogP contribution < -0.4 is 10.3 Å². The summed E-state index contributed by atoms with van der Waals surface area (Å²) in [6.07, 6.45) is 3.59. The summed E-state index contributed by atoms with van der Waals surface area (Å²) in [7, 11) is 3.92. The quantitative estimate of drug-likeness (QED) is 0.423. The first-order valence-corrected chi connectivity index (χ1v) is 11.0.